The monoisotopic (exact) mass is 700 g/mol. The van der Waals surface area contributed by atoms with Crippen LogP contribution in [0.1, 0.15) is 112 Å². The van der Waals surface area contributed by atoms with Crippen LogP contribution in [0.25, 0.3) is 0 Å². The Morgan fingerprint density at radius 1 is 1.02 bits per heavy atom. The summed E-state index contributed by atoms with van der Waals surface area (Å²) in [7, 11) is 0. The summed E-state index contributed by atoms with van der Waals surface area (Å²) in [5.41, 5.74) is 1.00. The fourth-order valence-electron chi connectivity index (χ4n) is 6.62. The summed E-state index contributed by atoms with van der Waals surface area (Å²) >= 11 is 0. The number of hydrogen-bond acceptors (Lipinski definition) is 9. The van der Waals surface area contributed by atoms with Crippen molar-refractivity contribution in [2.24, 2.45) is 23.7 Å². The lowest BCUT2D eigenvalue weighted by molar-refractivity contribution is -0.180. The third-order valence-corrected chi connectivity index (χ3v) is 9.76. The van der Waals surface area contributed by atoms with E-state index in [0.29, 0.717) is 17.8 Å². The van der Waals surface area contributed by atoms with Gasteiger partial charge >= 0.3 is 5.63 Å². The van der Waals surface area contributed by atoms with Gasteiger partial charge in [0.15, 0.2) is 0 Å². The molecule has 50 heavy (non-hydrogen) atoms. The molecule has 0 aromatic carbocycles. The summed E-state index contributed by atoms with van der Waals surface area (Å²) in [5.74, 6) is 0.947. The molecule has 0 aliphatic carbocycles. The van der Waals surface area contributed by atoms with Gasteiger partial charge in [-0.25, -0.2) is 4.79 Å². The van der Waals surface area contributed by atoms with Gasteiger partial charge in [0, 0.05) is 25.0 Å². The molecule has 1 saturated heterocycles. The van der Waals surface area contributed by atoms with Gasteiger partial charge in [-0.15, -0.1) is 0 Å². The minimum Gasteiger partial charge on any atom is -0.507 e. The van der Waals surface area contributed by atoms with E-state index in [2.05, 4.69) is 65.8 Å². The van der Waals surface area contributed by atoms with E-state index < -0.39 is 53.9 Å². The van der Waals surface area contributed by atoms with Crippen LogP contribution >= 0.6 is 0 Å². The van der Waals surface area contributed by atoms with Crippen LogP contribution in [0.3, 0.4) is 0 Å². The molecule has 0 radical (unpaired) electrons. The van der Waals surface area contributed by atoms with Crippen LogP contribution in [0.15, 0.2) is 74.5 Å². The van der Waals surface area contributed by atoms with E-state index in [1.807, 2.05) is 13.0 Å². The summed E-state index contributed by atoms with van der Waals surface area (Å²) < 4.78 is 11.1. The molecule has 1 aromatic heterocycles. The zero-order valence-electron chi connectivity index (χ0n) is 31.7. The van der Waals surface area contributed by atoms with Gasteiger partial charge in [-0.05, 0) is 71.6 Å². The molecule has 0 unspecified atom stereocenters. The lowest BCUT2D eigenvalue weighted by Gasteiger charge is -2.36. The van der Waals surface area contributed by atoms with Crippen molar-refractivity contribution >= 4 is 0 Å². The van der Waals surface area contributed by atoms with Crippen LogP contribution in [0, 0.1) is 23.7 Å². The summed E-state index contributed by atoms with van der Waals surface area (Å²) in [6.45, 7) is 18.0. The van der Waals surface area contributed by atoms with E-state index in [1.54, 1.807) is 26.0 Å². The van der Waals surface area contributed by atoms with Gasteiger partial charge < -0.3 is 39.8 Å². The quantitative estimate of drug-likeness (QED) is 0.0931. The smallest absolute Gasteiger partial charge is 0.345 e. The second-order valence-electron chi connectivity index (χ2n) is 15.3. The van der Waals surface area contributed by atoms with Gasteiger partial charge in [-0.1, -0.05) is 93.4 Å². The van der Waals surface area contributed by atoms with Crippen LogP contribution < -0.4 is 5.63 Å². The first-order valence-corrected chi connectivity index (χ1v) is 18.1. The summed E-state index contributed by atoms with van der Waals surface area (Å²) in [6.07, 6.45) is 12.0. The number of aromatic hydroxyl groups is 1. The maximum Gasteiger partial charge on any atom is 0.345 e. The molecule has 0 spiro atoms. The highest BCUT2D eigenvalue weighted by molar-refractivity contribution is 5.36. The van der Waals surface area contributed by atoms with E-state index in [1.165, 1.54) is 17.2 Å². The summed E-state index contributed by atoms with van der Waals surface area (Å²) in [5, 5.41) is 62.1. The van der Waals surface area contributed by atoms with Crippen molar-refractivity contribution in [3.63, 3.8) is 0 Å². The minimum atomic E-state index is -1.51. The van der Waals surface area contributed by atoms with E-state index in [0.717, 1.165) is 31.3 Å². The van der Waals surface area contributed by atoms with Gasteiger partial charge in [-0.3, -0.25) is 0 Å². The van der Waals surface area contributed by atoms with Gasteiger partial charge in [0.1, 0.15) is 29.3 Å². The van der Waals surface area contributed by atoms with Crippen molar-refractivity contribution in [2.45, 2.75) is 130 Å². The first-order chi connectivity index (χ1) is 23.4. The molecule has 2 heterocycles. The average molecular weight is 701 g/mol. The number of ether oxygens (including phenoxy) is 1. The highest BCUT2D eigenvalue weighted by atomic mass is 16.5. The third-order valence-electron chi connectivity index (χ3n) is 9.76. The Labute approximate surface area is 299 Å². The standard InChI is InChI=1S/C41H64O9/c1-10-25(2)16-26(3)12-11-13-27(4)17-29(6)18-30(7)20-31(23-42)19-28(5)14-15-35(46)41(8,9)36-22-33(44)37(40(48)50-36)39-38(47)34(45)21-32(24-43)49-39/h11-16,19,22,25,29-32,34-35,38-39,42-47H,10,17-18,20-21,23-24H2,1-9H3/t25-,29+,30+,31+,32+,34-,35+,38-,39+/m1/s1. The van der Waals surface area contributed by atoms with Crippen molar-refractivity contribution in [1.82, 2.24) is 0 Å². The second kappa shape index (κ2) is 20.3. The van der Waals surface area contributed by atoms with Crippen molar-refractivity contribution < 1.29 is 39.8 Å². The predicted molar refractivity (Wildman–Crippen MR) is 199 cm³/mol. The molecule has 282 valence electrons. The van der Waals surface area contributed by atoms with Gasteiger partial charge in [0.05, 0.1) is 30.3 Å². The Bertz CT molecular complexity index is 1420. The van der Waals surface area contributed by atoms with Gasteiger partial charge in [-0.2, -0.15) is 0 Å². The number of aliphatic hydroxyl groups is 5. The fourth-order valence-corrected chi connectivity index (χ4v) is 6.62. The molecule has 0 amide bonds. The highest BCUT2D eigenvalue weighted by Gasteiger charge is 2.41. The molecular formula is C41H64O9. The first-order valence-electron chi connectivity index (χ1n) is 18.1. The van der Waals surface area contributed by atoms with Crippen LogP contribution in [0.4, 0.5) is 0 Å². The SMILES string of the molecule is CC[C@@H](C)C=C(C)C=CC=C(C)C[C@H](C)C[C@H](C)C[C@H](C=C(C)C=C[C@H](O)C(C)(C)c1cc(O)c([C@@H]2O[C@H](CO)C[C@@H](O)[C@H]2O)c(=O)o1)CO. The van der Waals surface area contributed by atoms with Gasteiger partial charge in [0.2, 0.25) is 0 Å². The molecule has 6 N–H and O–H groups in total. The second-order valence-corrected chi connectivity index (χ2v) is 15.3. The Hall–Kier alpha value is -2.79. The Morgan fingerprint density at radius 2 is 1.68 bits per heavy atom. The fraction of sp³-hybridized carbons (Fsp3) is 0.634. The van der Waals surface area contributed by atoms with Crippen molar-refractivity contribution in [3.8, 4) is 5.75 Å². The molecule has 9 atom stereocenters. The zero-order chi connectivity index (χ0) is 37.8. The number of allylic oxidation sites excluding steroid dienone is 8. The molecule has 9 nitrogen and oxygen atoms in total. The lowest BCUT2D eigenvalue weighted by atomic mass is 9.82. The van der Waals surface area contributed by atoms with Crippen molar-refractivity contribution in [3.05, 3.63) is 87.1 Å². The molecule has 1 aliphatic heterocycles. The predicted octanol–water partition coefficient (Wildman–Crippen LogP) is 6.58. The average Bonchev–Trinajstić information content (AvgIpc) is 3.04. The molecular weight excluding hydrogens is 636 g/mol. The molecule has 1 fully saturated rings. The topological polar surface area (TPSA) is 161 Å². The highest BCUT2D eigenvalue weighted by Crippen LogP contribution is 2.37. The zero-order valence-corrected chi connectivity index (χ0v) is 31.7. The van der Waals surface area contributed by atoms with Crippen LogP contribution in [0.5, 0.6) is 5.75 Å². The Kier molecular flexibility index (Phi) is 17.6. The van der Waals surface area contributed by atoms with Crippen LogP contribution in [0.2, 0.25) is 0 Å². The normalized spacial score (nSPS) is 24.5. The summed E-state index contributed by atoms with van der Waals surface area (Å²) in [4.78, 5) is 13.0. The number of aliphatic hydroxyl groups excluding tert-OH is 5. The third kappa shape index (κ3) is 13.1. The van der Waals surface area contributed by atoms with E-state index in [9.17, 15) is 35.4 Å². The molecule has 0 bridgehead atoms. The largest absolute Gasteiger partial charge is 0.507 e. The molecule has 2 rings (SSSR count). The van der Waals surface area contributed by atoms with E-state index in [4.69, 9.17) is 9.15 Å². The molecule has 9 heteroatoms. The van der Waals surface area contributed by atoms with Crippen LogP contribution in [-0.4, -0.2) is 68.3 Å². The first kappa shape index (κ1) is 43.4. The maximum absolute atomic E-state index is 13.0. The van der Waals surface area contributed by atoms with E-state index >= 15 is 0 Å². The molecule has 1 aliphatic rings. The molecule has 1 aromatic rings. The Balaban J connectivity index is 2.04. The Morgan fingerprint density at radius 3 is 2.28 bits per heavy atom. The lowest BCUT2D eigenvalue weighted by Crippen LogP contribution is -2.46. The van der Waals surface area contributed by atoms with E-state index in [-0.39, 0.29) is 30.3 Å². The summed E-state index contributed by atoms with van der Waals surface area (Å²) in [6, 6.07) is 1.20. The van der Waals surface area contributed by atoms with Crippen molar-refractivity contribution in [2.75, 3.05) is 13.2 Å². The number of hydrogen-bond donors (Lipinski definition) is 6. The van der Waals surface area contributed by atoms with Gasteiger partial charge in [0.25, 0.3) is 0 Å². The minimum absolute atomic E-state index is 0.0114. The maximum atomic E-state index is 13.0. The number of rotatable bonds is 18. The molecule has 0 saturated carbocycles. The van der Waals surface area contributed by atoms with Crippen molar-refractivity contribution in [1.29, 1.82) is 0 Å². The van der Waals surface area contributed by atoms with Crippen LogP contribution in [-0.2, 0) is 10.2 Å².